The van der Waals surface area contributed by atoms with Crippen molar-refractivity contribution >= 4 is 11.9 Å². The predicted molar refractivity (Wildman–Crippen MR) is 72.8 cm³/mol. The Morgan fingerprint density at radius 1 is 1.14 bits per heavy atom. The van der Waals surface area contributed by atoms with Crippen molar-refractivity contribution in [2.75, 3.05) is 21.0 Å². The largest absolute Gasteiger partial charge is 0.464 e. The summed E-state index contributed by atoms with van der Waals surface area (Å²) < 4.78 is 19.8. The van der Waals surface area contributed by atoms with E-state index in [0.717, 1.165) is 0 Å². The van der Waals surface area contributed by atoms with Gasteiger partial charge in [-0.25, -0.2) is 14.6 Å². The number of imidazole rings is 1. The Morgan fingerprint density at radius 3 is 2.59 bits per heavy atom. The molecular formula is C14H12N2O6. The number of fused-ring (bicyclic) bond motifs is 1. The highest BCUT2D eigenvalue weighted by Crippen LogP contribution is 2.35. The molecular weight excluding hydrogens is 292 g/mol. The fraction of sp³-hybridized carbons (Fsp3) is 0.214. The monoisotopic (exact) mass is 304 g/mol. The molecule has 1 aliphatic rings. The van der Waals surface area contributed by atoms with E-state index in [1.54, 1.807) is 18.2 Å². The van der Waals surface area contributed by atoms with Gasteiger partial charge in [0.2, 0.25) is 6.79 Å². The first-order valence-electron chi connectivity index (χ1n) is 6.30. The van der Waals surface area contributed by atoms with Crippen LogP contribution in [0.3, 0.4) is 0 Å². The molecule has 0 bridgehead atoms. The van der Waals surface area contributed by atoms with E-state index in [9.17, 15) is 9.59 Å². The maximum Gasteiger partial charge on any atom is 0.359 e. The van der Waals surface area contributed by atoms with Gasteiger partial charge in [-0.05, 0) is 18.2 Å². The average molecular weight is 304 g/mol. The molecule has 0 fully saturated rings. The van der Waals surface area contributed by atoms with Gasteiger partial charge in [-0.1, -0.05) is 0 Å². The van der Waals surface area contributed by atoms with Gasteiger partial charge in [0.1, 0.15) is 5.82 Å². The van der Waals surface area contributed by atoms with Crippen LogP contribution in [-0.4, -0.2) is 42.9 Å². The van der Waals surface area contributed by atoms with Gasteiger partial charge in [0.25, 0.3) is 0 Å². The van der Waals surface area contributed by atoms with Gasteiger partial charge in [0.15, 0.2) is 22.9 Å². The molecule has 1 aromatic carbocycles. The molecule has 8 heteroatoms. The SMILES string of the molecule is COC(=O)c1nc(-c2ccc3c(c2)OCO3)[nH]c1C(=O)OC. The molecule has 0 spiro atoms. The number of benzene rings is 1. The summed E-state index contributed by atoms with van der Waals surface area (Å²) in [5.74, 6) is 0.0625. The van der Waals surface area contributed by atoms with Crippen LogP contribution in [0, 0.1) is 0 Å². The number of esters is 2. The molecule has 0 unspecified atom stereocenters. The summed E-state index contributed by atoms with van der Waals surface area (Å²) >= 11 is 0. The first-order chi connectivity index (χ1) is 10.6. The number of rotatable bonds is 3. The second-order valence-corrected chi connectivity index (χ2v) is 4.36. The Labute approximate surface area is 125 Å². The van der Waals surface area contributed by atoms with Crippen LogP contribution in [0.25, 0.3) is 11.4 Å². The van der Waals surface area contributed by atoms with Crippen LogP contribution in [0.5, 0.6) is 11.5 Å². The molecule has 22 heavy (non-hydrogen) atoms. The lowest BCUT2D eigenvalue weighted by Crippen LogP contribution is -2.11. The van der Waals surface area contributed by atoms with Crippen molar-refractivity contribution in [3.05, 3.63) is 29.6 Å². The lowest BCUT2D eigenvalue weighted by Gasteiger charge is -1.99. The van der Waals surface area contributed by atoms with E-state index >= 15 is 0 Å². The van der Waals surface area contributed by atoms with Crippen LogP contribution in [0.15, 0.2) is 18.2 Å². The van der Waals surface area contributed by atoms with Gasteiger partial charge in [-0.3, -0.25) is 0 Å². The molecule has 1 aromatic heterocycles. The van der Waals surface area contributed by atoms with E-state index in [1.165, 1.54) is 14.2 Å². The summed E-state index contributed by atoms with van der Waals surface area (Å²) in [6, 6.07) is 5.15. The van der Waals surface area contributed by atoms with Gasteiger partial charge < -0.3 is 23.9 Å². The number of aromatic amines is 1. The highest BCUT2D eigenvalue weighted by molar-refractivity contribution is 6.01. The third-order valence-corrected chi connectivity index (χ3v) is 3.12. The topological polar surface area (TPSA) is 99.7 Å². The van der Waals surface area contributed by atoms with Gasteiger partial charge in [-0.2, -0.15) is 0 Å². The van der Waals surface area contributed by atoms with Gasteiger partial charge >= 0.3 is 11.9 Å². The van der Waals surface area contributed by atoms with Crippen molar-refractivity contribution in [3.63, 3.8) is 0 Å². The van der Waals surface area contributed by atoms with E-state index in [1.807, 2.05) is 0 Å². The molecule has 0 amide bonds. The van der Waals surface area contributed by atoms with Crippen LogP contribution >= 0.6 is 0 Å². The fourth-order valence-electron chi connectivity index (χ4n) is 2.05. The van der Waals surface area contributed by atoms with Crippen molar-refractivity contribution in [2.45, 2.75) is 0 Å². The summed E-state index contributed by atoms with van der Waals surface area (Å²) in [6.45, 7) is 0.151. The number of ether oxygens (including phenoxy) is 4. The standard InChI is InChI=1S/C14H12N2O6/c1-19-13(17)10-11(14(18)20-2)16-12(15-10)7-3-4-8-9(5-7)22-6-21-8/h3-5H,6H2,1-2H3,(H,15,16). The first kappa shape index (κ1) is 13.9. The fourth-order valence-corrected chi connectivity index (χ4v) is 2.05. The quantitative estimate of drug-likeness (QED) is 0.855. The highest BCUT2D eigenvalue weighted by Gasteiger charge is 2.25. The van der Waals surface area contributed by atoms with Crippen molar-refractivity contribution in [1.82, 2.24) is 9.97 Å². The van der Waals surface area contributed by atoms with E-state index in [-0.39, 0.29) is 18.2 Å². The van der Waals surface area contributed by atoms with Crippen molar-refractivity contribution in [2.24, 2.45) is 0 Å². The Morgan fingerprint density at radius 2 is 1.86 bits per heavy atom. The molecule has 0 saturated heterocycles. The minimum atomic E-state index is -0.733. The molecule has 3 rings (SSSR count). The van der Waals surface area contributed by atoms with E-state index < -0.39 is 11.9 Å². The van der Waals surface area contributed by atoms with Crippen molar-refractivity contribution in [3.8, 4) is 22.9 Å². The summed E-state index contributed by atoms with van der Waals surface area (Å²) in [5, 5.41) is 0. The van der Waals surface area contributed by atoms with Gasteiger partial charge in [0.05, 0.1) is 14.2 Å². The summed E-state index contributed by atoms with van der Waals surface area (Å²) in [5.41, 5.74) is 0.425. The number of hydrogen-bond acceptors (Lipinski definition) is 7. The molecule has 2 heterocycles. The summed E-state index contributed by atoms with van der Waals surface area (Å²) in [4.78, 5) is 30.4. The van der Waals surface area contributed by atoms with E-state index in [2.05, 4.69) is 19.4 Å². The smallest absolute Gasteiger partial charge is 0.359 e. The number of carbonyl (C=O) groups is 2. The maximum absolute atomic E-state index is 11.7. The second kappa shape index (κ2) is 5.40. The highest BCUT2D eigenvalue weighted by atomic mass is 16.7. The number of aromatic nitrogens is 2. The van der Waals surface area contributed by atoms with E-state index in [0.29, 0.717) is 22.9 Å². The van der Waals surface area contributed by atoms with E-state index in [4.69, 9.17) is 9.47 Å². The van der Waals surface area contributed by atoms with Gasteiger partial charge in [-0.15, -0.1) is 0 Å². The Kier molecular flexibility index (Phi) is 3.42. The third kappa shape index (κ3) is 2.24. The molecule has 0 saturated carbocycles. The number of nitrogens with one attached hydrogen (secondary N) is 1. The maximum atomic E-state index is 11.7. The second-order valence-electron chi connectivity index (χ2n) is 4.36. The van der Waals surface area contributed by atoms with Crippen LogP contribution < -0.4 is 9.47 Å². The zero-order chi connectivity index (χ0) is 15.7. The summed E-state index contributed by atoms with van der Waals surface area (Å²) in [6.07, 6.45) is 0. The zero-order valence-corrected chi connectivity index (χ0v) is 11.8. The number of hydrogen-bond donors (Lipinski definition) is 1. The Balaban J connectivity index is 2.06. The summed E-state index contributed by atoms with van der Waals surface area (Å²) in [7, 11) is 2.42. The van der Waals surface area contributed by atoms with Crippen LogP contribution in [-0.2, 0) is 9.47 Å². The van der Waals surface area contributed by atoms with Crippen LogP contribution in [0.4, 0.5) is 0 Å². The molecule has 1 aliphatic heterocycles. The molecule has 1 N–H and O–H groups in total. The molecule has 2 aromatic rings. The predicted octanol–water partition coefficient (Wildman–Crippen LogP) is 1.38. The number of carbonyl (C=O) groups excluding carboxylic acids is 2. The lowest BCUT2D eigenvalue weighted by molar-refractivity contribution is 0.0548. The molecule has 0 aliphatic carbocycles. The number of H-pyrrole nitrogens is 1. The van der Waals surface area contributed by atoms with Crippen molar-refractivity contribution in [1.29, 1.82) is 0 Å². The molecule has 114 valence electrons. The zero-order valence-electron chi connectivity index (χ0n) is 11.8. The lowest BCUT2D eigenvalue weighted by atomic mass is 10.2. The number of nitrogens with zero attached hydrogens (tertiary/aromatic N) is 1. The van der Waals surface area contributed by atoms with Gasteiger partial charge in [0, 0.05) is 5.56 Å². The Bertz CT molecular complexity index is 718. The third-order valence-electron chi connectivity index (χ3n) is 3.12. The molecule has 0 radical (unpaired) electrons. The first-order valence-corrected chi connectivity index (χ1v) is 6.30. The minimum absolute atomic E-state index is 0.0676. The molecule has 0 atom stereocenters. The minimum Gasteiger partial charge on any atom is -0.464 e. The van der Waals surface area contributed by atoms with Crippen LogP contribution in [0.2, 0.25) is 0 Å². The van der Waals surface area contributed by atoms with Crippen LogP contribution in [0.1, 0.15) is 21.0 Å². The Hall–Kier alpha value is -3.03. The normalized spacial score (nSPS) is 12.1. The number of methoxy groups -OCH3 is 2. The molecule has 8 nitrogen and oxygen atoms in total. The van der Waals surface area contributed by atoms with Crippen molar-refractivity contribution < 1.29 is 28.5 Å². The average Bonchev–Trinajstić information content (AvgIpc) is 3.19.